The Morgan fingerprint density at radius 3 is 1.47 bits per heavy atom. The van der Waals surface area contributed by atoms with Crippen LogP contribution in [0.5, 0.6) is 0 Å². The lowest BCUT2D eigenvalue weighted by molar-refractivity contribution is 0.222. The van der Waals surface area contributed by atoms with Gasteiger partial charge in [-0.3, -0.25) is 0 Å². The van der Waals surface area contributed by atoms with Gasteiger partial charge in [0.25, 0.3) is 0 Å². The van der Waals surface area contributed by atoms with Gasteiger partial charge >= 0.3 is 0 Å². The Morgan fingerprint density at radius 1 is 0.579 bits per heavy atom. The largest absolute Gasteiger partial charge is 0.396 e. The molecule has 0 aromatic rings. The first-order valence-electron chi connectivity index (χ1n) is 7.31. The van der Waals surface area contributed by atoms with Gasteiger partial charge in [0, 0.05) is 52.5 Å². The van der Waals surface area contributed by atoms with Crippen LogP contribution in [0.1, 0.15) is 19.3 Å². The third kappa shape index (κ3) is 14.0. The lowest BCUT2D eigenvalue weighted by Crippen LogP contribution is -2.38. The highest BCUT2D eigenvalue weighted by Gasteiger charge is 2.03. The molecule has 0 fully saturated rings. The van der Waals surface area contributed by atoms with Crippen LogP contribution >= 0.6 is 0 Å². The van der Waals surface area contributed by atoms with Crippen molar-refractivity contribution in [3.8, 4) is 0 Å². The topological polar surface area (TPSA) is 88.0 Å². The van der Waals surface area contributed by atoms with Crippen molar-refractivity contribution in [3.63, 3.8) is 0 Å². The van der Waals surface area contributed by atoms with Gasteiger partial charge in [-0.15, -0.1) is 0 Å². The molecule has 116 valence electrons. The number of nitrogens with zero attached hydrogens (tertiary/aromatic N) is 1. The van der Waals surface area contributed by atoms with Gasteiger partial charge in [0.1, 0.15) is 0 Å². The SMILES string of the molecule is OCCCNCCN(CCCO)CCNCCCO. The summed E-state index contributed by atoms with van der Waals surface area (Å²) < 4.78 is 0. The van der Waals surface area contributed by atoms with E-state index in [-0.39, 0.29) is 19.8 Å². The first kappa shape index (κ1) is 18.8. The summed E-state index contributed by atoms with van der Waals surface area (Å²) in [6.07, 6.45) is 2.38. The summed E-state index contributed by atoms with van der Waals surface area (Å²) in [7, 11) is 0. The maximum atomic E-state index is 8.88. The third-order valence-corrected chi connectivity index (χ3v) is 2.87. The Morgan fingerprint density at radius 2 is 1.05 bits per heavy atom. The first-order valence-corrected chi connectivity index (χ1v) is 7.31. The molecule has 0 radical (unpaired) electrons. The standard InChI is InChI=1S/C13H31N3O3/c17-11-1-4-14-6-9-16(8-3-13-19)10-7-15-5-2-12-18/h14-15,17-19H,1-13H2. The van der Waals surface area contributed by atoms with E-state index in [9.17, 15) is 0 Å². The molecule has 0 unspecified atom stereocenters. The summed E-state index contributed by atoms with van der Waals surface area (Å²) in [6, 6.07) is 0. The van der Waals surface area contributed by atoms with Crippen molar-refractivity contribution in [3.05, 3.63) is 0 Å². The van der Waals surface area contributed by atoms with Crippen molar-refractivity contribution in [2.75, 3.05) is 65.6 Å². The number of aliphatic hydroxyl groups excluding tert-OH is 3. The Bertz CT molecular complexity index is 159. The van der Waals surface area contributed by atoms with Crippen LogP contribution in [-0.4, -0.2) is 85.9 Å². The minimum Gasteiger partial charge on any atom is -0.396 e. The molecule has 0 aromatic heterocycles. The molecular formula is C13H31N3O3. The molecule has 0 aromatic carbocycles. The molecule has 0 bridgehead atoms. The van der Waals surface area contributed by atoms with E-state index in [0.717, 1.165) is 65.1 Å². The average Bonchev–Trinajstić information content (AvgIpc) is 2.43. The fourth-order valence-electron chi connectivity index (χ4n) is 1.76. The fraction of sp³-hybridized carbons (Fsp3) is 1.00. The minimum atomic E-state index is 0.229. The molecule has 0 heterocycles. The van der Waals surface area contributed by atoms with Crippen LogP contribution in [0.2, 0.25) is 0 Å². The van der Waals surface area contributed by atoms with Gasteiger partial charge in [0.05, 0.1) is 0 Å². The highest BCUT2D eigenvalue weighted by molar-refractivity contribution is 4.62. The van der Waals surface area contributed by atoms with E-state index in [0.29, 0.717) is 0 Å². The van der Waals surface area contributed by atoms with Crippen molar-refractivity contribution >= 4 is 0 Å². The summed E-state index contributed by atoms with van der Waals surface area (Å²) in [4.78, 5) is 2.31. The van der Waals surface area contributed by atoms with Crippen LogP contribution in [-0.2, 0) is 0 Å². The summed E-state index contributed by atoms with van der Waals surface area (Å²) in [5.74, 6) is 0. The Balaban J connectivity index is 3.57. The monoisotopic (exact) mass is 277 g/mol. The van der Waals surface area contributed by atoms with Crippen molar-refractivity contribution in [1.82, 2.24) is 15.5 Å². The Kier molecular flexibility index (Phi) is 15.6. The zero-order chi connectivity index (χ0) is 14.2. The molecule has 0 aliphatic carbocycles. The van der Waals surface area contributed by atoms with E-state index in [1.807, 2.05) is 0 Å². The van der Waals surface area contributed by atoms with Crippen LogP contribution in [0.25, 0.3) is 0 Å². The fourth-order valence-corrected chi connectivity index (χ4v) is 1.76. The number of hydrogen-bond donors (Lipinski definition) is 5. The molecule has 0 atom stereocenters. The average molecular weight is 277 g/mol. The van der Waals surface area contributed by atoms with Crippen LogP contribution < -0.4 is 10.6 Å². The molecule has 0 aliphatic heterocycles. The molecule has 0 saturated heterocycles. The highest BCUT2D eigenvalue weighted by atomic mass is 16.3. The van der Waals surface area contributed by atoms with E-state index in [1.165, 1.54) is 0 Å². The molecule has 5 N–H and O–H groups in total. The predicted octanol–water partition coefficient (Wildman–Crippen LogP) is -1.39. The summed E-state index contributed by atoms with van der Waals surface area (Å²) in [6.45, 7) is 7.00. The minimum absolute atomic E-state index is 0.229. The molecule has 6 heteroatoms. The van der Waals surface area contributed by atoms with E-state index >= 15 is 0 Å². The number of rotatable bonds is 15. The van der Waals surface area contributed by atoms with Crippen LogP contribution in [0, 0.1) is 0 Å². The molecule has 0 aliphatic rings. The highest BCUT2D eigenvalue weighted by Crippen LogP contribution is 1.90. The Hall–Kier alpha value is -0.240. The maximum absolute atomic E-state index is 8.88. The normalized spacial score (nSPS) is 11.4. The summed E-state index contributed by atoms with van der Waals surface area (Å²) >= 11 is 0. The first-order chi connectivity index (χ1) is 9.35. The molecule has 6 nitrogen and oxygen atoms in total. The smallest absolute Gasteiger partial charge is 0.0443 e. The van der Waals surface area contributed by atoms with E-state index in [2.05, 4.69) is 15.5 Å². The second kappa shape index (κ2) is 15.8. The van der Waals surface area contributed by atoms with Gasteiger partial charge in [-0.25, -0.2) is 0 Å². The summed E-state index contributed by atoms with van der Waals surface area (Å²) in [5, 5.41) is 32.8. The molecule has 0 spiro atoms. The van der Waals surface area contributed by atoms with Crippen molar-refractivity contribution in [2.45, 2.75) is 19.3 Å². The van der Waals surface area contributed by atoms with Gasteiger partial charge < -0.3 is 30.9 Å². The third-order valence-electron chi connectivity index (χ3n) is 2.87. The zero-order valence-corrected chi connectivity index (χ0v) is 12.0. The van der Waals surface area contributed by atoms with Crippen molar-refractivity contribution in [2.24, 2.45) is 0 Å². The molecule has 0 rings (SSSR count). The van der Waals surface area contributed by atoms with Gasteiger partial charge in [-0.2, -0.15) is 0 Å². The molecular weight excluding hydrogens is 246 g/mol. The van der Waals surface area contributed by atoms with Gasteiger partial charge in [0.15, 0.2) is 0 Å². The lowest BCUT2D eigenvalue weighted by atomic mass is 10.3. The van der Waals surface area contributed by atoms with Gasteiger partial charge in [0.2, 0.25) is 0 Å². The van der Waals surface area contributed by atoms with Crippen molar-refractivity contribution < 1.29 is 15.3 Å². The maximum Gasteiger partial charge on any atom is 0.0443 e. The molecule has 0 saturated carbocycles. The van der Waals surface area contributed by atoms with Gasteiger partial charge in [-0.1, -0.05) is 0 Å². The summed E-state index contributed by atoms with van der Waals surface area (Å²) in [5.41, 5.74) is 0. The molecule has 19 heavy (non-hydrogen) atoms. The lowest BCUT2D eigenvalue weighted by Gasteiger charge is -2.22. The van der Waals surface area contributed by atoms with E-state index in [4.69, 9.17) is 15.3 Å². The van der Waals surface area contributed by atoms with E-state index in [1.54, 1.807) is 0 Å². The predicted molar refractivity (Wildman–Crippen MR) is 77.3 cm³/mol. The quantitative estimate of drug-likeness (QED) is 0.237. The van der Waals surface area contributed by atoms with Crippen LogP contribution in [0.3, 0.4) is 0 Å². The second-order valence-corrected chi connectivity index (χ2v) is 4.57. The number of hydrogen-bond acceptors (Lipinski definition) is 6. The van der Waals surface area contributed by atoms with Crippen LogP contribution in [0.4, 0.5) is 0 Å². The van der Waals surface area contributed by atoms with E-state index < -0.39 is 0 Å². The van der Waals surface area contributed by atoms with Crippen LogP contribution in [0.15, 0.2) is 0 Å². The number of nitrogens with one attached hydrogen (secondary N) is 2. The zero-order valence-electron chi connectivity index (χ0n) is 12.0. The van der Waals surface area contributed by atoms with Crippen molar-refractivity contribution in [1.29, 1.82) is 0 Å². The second-order valence-electron chi connectivity index (χ2n) is 4.57. The van der Waals surface area contributed by atoms with Gasteiger partial charge in [-0.05, 0) is 32.4 Å². The molecule has 0 amide bonds. The number of aliphatic hydroxyl groups is 3. The Labute approximate surface area is 116 Å².